The second-order valence-electron chi connectivity index (χ2n) is 2.79. The number of fused-ring (bicyclic) bond motifs is 1. The van der Waals surface area contributed by atoms with E-state index < -0.39 is 5.82 Å². The molecule has 0 aliphatic carbocycles. The number of rotatable bonds is 0. The molecule has 66 valence electrons. The molecule has 2 aromatic rings. The fraction of sp³-hybridized carbons (Fsp3) is 0. The molecule has 0 bridgehead atoms. The zero-order valence-electron chi connectivity index (χ0n) is 6.66. The molecule has 2 N–H and O–H groups in total. The Morgan fingerprint density at radius 2 is 1.46 bits per heavy atom. The van der Waals surface area contributed by atoms with E-state index in [4.69, 9.17) is 0 Å². The van der Waals surface area contributed by atoms with Gasteiger partial charge in [0.2, 0.25) is 0 Å². The average Bonchev–Trinajstić information content (AvgIpc) is 2.12. The van der Waals surface area contributed by atoms with E-state index in [-0.39, 0.29) is 11.5 Å². The fourth-order valence-electron chi connectivity index (χ4n) is 1.29. The number of halogens is 1. The molecule has 0 radical (unpaired) electrons. The van der Waals surface area contributed by atoms with Crippen LogP contribution in [0.5, 0.6) is 11.5 Å². The quantitative estimate of drug-likeness (QED) is 0.608. The number of hydrogen-bond acceptors (Lipinski definition) is 2. The van der Waals surface area contributed by atoms with E-state index in [1.807, 2.05) is 0 Å². The molecule has 0 saturated heterocycles. The Balaban J connectivity index is 2.92. The van der Waals surface area contributed by atoms with Crippen LogP contribution >= 0.6 is 0 Å². The zero-order chi connectivity index (χ0) is 9.42. The highest BCUT2D eigenvalue weighted by Crippen LogP contribution is 2.31. The molecule has 2 rings (SSSR count). The fourth-order valence-corrected chi connectivity index (χ4v) is 1.29. The van der Waals surface area contributed by atoms with E-state index in [1.165, 1.54) is 30.3 Å². The third-order valence-electron chi connectivity index (χ3n) is 1.93. The first-order chi connectivity index (χ1) is 6.18. The SMILES string of the molecule is Oc1ccc(O)c2cc(F)ccc12. The van der Waals surface area contributed by atoms with E-state index >= 15 is 0 Å². The lowest BCUT2D eigenvalue weighted by atomic mass is 10.1. The van der Waals surface area contributed by atoms with Crippen LogP contribution in [0, 0.1) is 5.82 Å². The molecular weight excluding hydrogens is 171 g/mol. The highest BCUT2D eigenvalue weighted by Gasteiger charge is 2.04. The number of benzene rings is 2. The lowest BCUT2D eigenvalue weighted by Crippen LogP contribution is -1.78. The highest BCUT2D eigenvalue weighted by molar-refractivity contribution is 5.92. The minimum absolute atomic E-state index is 0.0349. The van der Waals surface area contributed by atoms with Crippen molar-refractivity contribution in [3.05, 3.63) is 36.1 Å². The van der Waals surface area contributed by atoms with Gasteiger partial charge in [-0.15, -0.1) is 0 Å². The molecule has 13 heavy (non-hydrogen) atoms. The maximum Gasteiger partial charge on any atom is 0.123 e. The van der Waals surface area contributed by atoms with Crippen molar-refractivity contribution in [2.75, 3.05) is 0 Å². The van der Waals surface area contributed by atoms with Gasteiger partial charge in [0.15, 0.2) is 0 Å². The Labute approximate surface area is 73.9 Å². The van der Waals surface area contributed by atoms with Crippen LogP contribution in [-0.4, -0.2) is 10.2 Å². The number of hydrogen-bond donors (Lipinski definition) is 2. The van der Waals surface area contributed by atoms with Gasteiger partial charge in [-0.2, -0.15) is 0 Å². The normalized spacial score (nSPS) is 10.5. The van der Waals surface area contributed by atoms with Crippen molar-refractivity contribution in [3.8, 4) is 11.5 Å². The first-order valence-electron chi connectivity index (χ1n) is 3.78. The number of aromatic hydroxyl groups is 2. The van der Waals surface area contributed by atoms with E-state index in [1.54, 1.807) is 0 Å². The molecule has 3 heteroatoms. The smallest absolute Gasteiger partial charge is 0.123 e. The summed E-state index contributed by atoms with van der Waals surface area (Å²) in [5.74, 6) is -0.437. The second-order valence-corrected chi connectivity index (χ2v) is 2.79. The minimum atomic E-state index is -0.437. The summed E-state index contributed by atoms with van der Waals surface area (Å²) in [6.07, 6.45) is 0. The molecule has 0 saturated carbocycles. The van der Waals surface area contributed by atoms with E-state index in [0.29, 0.717) is 10.8 Å². The van der Waals surface area contributed by atoms with Gasteiger partial charge in [0.25, 0.3) is 0 Å². The first-order valence-corrected chi connectivity index (χ1v) is 3.78. The van der Waals surface area contributed by atoms with Gasteiger partial charge < -0.3 is 10.2 Å². The molecule has 0 amide bonds. The van der Waals surface area contributed by atoms with Gasteiger partial charge >= 0.3 is 0 Å². The molecule has 2 aromatic carbocycles. The van der Waals surface area contributed by atoms with Gasteiger partial charge in [-0.05, 0) is 30.3 Å². The first kappa shape index (κ1) is 7.86. The Bertz CT molecular complexity index is 466. The topological polar surface area (TPSA) is 40.5 Å². The summed E-state index contributed by atoms with van der Waals surface area (Å²) < 4.78 is 12.8. The van der Waals surface area contributed by atoms with Crippen molar-refractivity contribution in [3.63, 3.8) is 0 Å². The van der Waals surface area contributed by atoms with Gasteiger partial charge in [0, 0.05) is 10.8 Å². The van der Waals surface area contributed by atoms with Crippen LogP contribution in [0.25, 0.3) is 10.8 Å². The van der Waals surface area contributed by atoms with Gasteiger partial charge in [-0.3, -0.25) is 0 Å². The van der Waals surface area contributed by atoms with Crippen molar-refractivity contribution in [1.29, 1.82) is 0 Å². The largest absolute Gasteiger partial charge is 0.507 e. The van der Waals surface area contributed by atoms with E-state index in [9.17, 15) is 14.6 Å². The van der Waals surface area contributed by atoms with Crippen LogP contribution in [0.4, 0.5) is 4.39 Å². The summed E-state index contributed by atoms with van der Waals surface area (Å²) in [6.45, 7) is 0. The molecule has 2 nitrogen and oxygen atoms in total. The maximum absolute atomic E-state index is 12.8. The Hall–Kier alpha value is -1.77. The van der Waals surface area contributed by atoms with Gasteiger partial charge in [-0.25, -0.2) is 4.39 Å². The molecule has 0 aromatic heterocycles. The predicted molar refractivity (Wildman–Crippen MR) is 47.2 cm³/mol. The average molecular weight is 178 g/mol. The molecule has 0 aliphatic heterocycles. The minimum Gasteiger partial charge on any atom is -0.507 e. The third kappa shape index (κ3) is 1.18. The lowest BCUT2D eigenvalue weighted by molar-refractivity contribution is 0.469. The predicted octanol–water partition coefficient (Wildman–Crippen LogP) is 2.39. The van der Waals surface area contributed by atoms with E-state index in [2.05, 4.69) is 0 Å². The molecule has 0 heterocycles. The second kappa shape index (κ2) is 2.62. The van der Waals surface area contributed by atoms with Crippen molar-refractivity contribution >= 4 is 10.8 Å². The molecule has 0 spiro atoms. The summed E-state index contributed by atoms with van der Waals surface area (Å²) >= 11 is 0. The van der Waals surface area contributed by atoms with Gasteiger partial charge in [0.1, 0.15) is 17.3 Å². The van der Waals surface area contributed by atoms with Crippen molar-refractivity contribution in [2.45, 2.75) is 0 Å². The summed E-state index contributed by atoms with van der Waals surface area (Å²) in [4.78, 5) is 0. The molecule has 0 unspecified atom stereocenters. The van der Waals surface area contributed by atoms with Crippen molar-refractivity contribution in [1.82, 2.24) is 0 Å². The number of phenols is 2. The van der Waals surface area contributed by atoms with Crippen LogP contribution in [0.15, 0.2) is 30.3 Å². The van der Waals surface area contributed by atoms with Crippen LogP contribution in [0.2, 0.25) is 0 Å². The van der Waals surface area contributed by atoms with Gasteiger partial charge in [-0.1, -0.05) is 0 Å². The van der Waals surface area contributed by atoms with E-state index in [0.717, 1.165) is 0 Å². The van der Waals surface area contributed by atoms with Crippen LogP contribution in [0.1, 0.15) is 0 Å². The summed E-state index contributed by atoms with van der Waals surface area (Å²) in [5, 5.41) is 19.5. The number of phenolic OH excluding ortho intramolecular Hbond substituents is 2. The van der Waals surface area contributed by atoms with Gasteiger partial charge in [0.05, 0.1) is 0 Å². The molecule has 0 atom stereocenters. The molecular formula is C10H7FO2. The van der Waals surface area contributed by atoms with Crippen LogP contribution in [-0.2, 0) is 0 Å². The molecule has 0 aliphatic rings. The van der Waals surface area contributed by atoms with Crippen molar-refractivity contribution < 1.29 is 14.6 Å². The van der Waals surface area contributed by atoms with Crippen LogP contribution < -0.4 is 0 Å². The monoisotopic (exact) mass is 178 g/mol. The molecule has 0 fully saturated rings. The standard InChI is InChI=1S/C10H7FO2/c11-6-1-2-7-8(5-6)10(13)4-3-9(7)12/h1-5,12-13H. The maximum atomic E-state index is 12.8. The lowest BCUT2D eigenvalue weighted by Gasteiger charge is -2.02. The highest BCUT2D eigenvalue weighted by atomic mass is 19.1. The summed E-state index contributed by atoms with van der Waals surface area (Å²) in [7, 11) is 0. The van der Waals surface area contributed by atoms with Crippen LogP contribution in [0.3, 0.4) is 0 Å². The Morgan fingerprint density at radius 1 is 0.846 bits per heavy atom. The Kier molecular flexibility index (Phi) is 1.59. The third-order valence-corrected chi connectivity index (χ3v) is 1.93. The van der Waals surface area contributed by atoms with Crippen molar-refractivity contribution in [2.24, 2.45) is 0 Å². The Morgan fingerprint density at radius 3 is 2.15 bits per heavy atom. The zero-order valence-corrected chi connectivity index (χ0v) is 6.66. The summed E-state index contributed by atoms with van der Waals surface area (Å²) in [5.41, 5.74) is 0. The summed E-state index contributed by atoms with van der Waals surface area (Å²) in [6, 6.07) is 6.55.